The molecule has 206 valence electrons. The highest BCUT2D eigenvalue weighted by molar-refractivity contribution is 8.05. The van der Waals surface area contributed by atoms with E-state index in [1.807, 2.05) is 75.4 Å². The van der Waals surface area contributed by atoms with Crippen molar-refractivity contribution in [3.63, 3.8) is 0 Å². The van der Waals surface area contributed by atoms with E-state index in [0.29, 0.717) is 0 Å². The molecule has 0 aliphatic carbocycles. The van der Waals surface area contributed by atoms with Crippen LogP contribution in [0.1, 0.15) is 25.0 Å². The molecule has 2 aliphatic heterocycles. The minimum absolute atomic E-state index is 0.0741. The van der Waals surface area contributed by atoms with Gasteiger partial charge in [-0.05, 0) is 50.6 Å². The number of ether oxygens (including phenoxy) is 1. The van der Waals surface area contributed by atoms with Gasteiger partial charge in [-0.2, -0.15) is 8.42 Å². The molecule has 0 bridgehead atoms. The van der Waals surface area contributed by atoms with E-state index in [4.69, 9.17) is 15.0 Å². The summed E-state index contributed by atoms with van der Waals surface area (Å²) in [6, 6.07) is 25.0. The average molecular weight is 587 g/mol. The molecule has 0 saturated carbocycles. The summed E-state index contributed by atoms with van der Waals surface area (Å²) in [5, 5.41) is -0.410. The van der Waals surface area contributed by atoms with Crippen LogP contribution in [0, 0.1) is 6.92 Å². The van der Waals surface area contributed by atoms with E-state index < -0.39 is 26.5 Å². The lowest BCUT2D eigenvalue weighted by Gasteiger charge is -2.48. The minimum Gasteiger partial charge on any atom is -0.458 e. The van der Waals surface area contributed by atoms with Crippen LogP contribution in [0.25, 0.3) is 0 Å². The third-order valence-corrected chi connectivity index (χ3v) is 10.5. The second-order valence-electron chi connectivity index (χ2n) is 9.69. The molecule has 11 heteroatoms. The summed E-state index contributed by atoms with van der Waals surface area (Å²) >= 11 is 3.09. The van der Waals surface area contributed by atoms with E-state index in [-0.39, 0.29) is 28.0 Å². The molecule has 0 spiro atoms. The lowest BCUT2D eigenvalue weighted by atomic mass is 9.91. The number of aryl methyl sites for hydroxylation is 1. The molecule has 39 heavy (non-hydrogen) atoms. The number of fused-ring (bicyclic) bond motifs is 1. The molecule has 2 aliphatic rings. The molecule has 3 N–H and O–H groups in total. The Kier molecular flexibility index (Phi) is 8.48. The van der Waals surface area contributed by atoms with E-state index in [1.165, 1.54) is 34.4 Å². The van der Waals surface area contributed by atoms with Crippen molar-refractivity contribution < 1.29 is 27.3 Å². The summed E-state index contributed by atoms with van der Waals surface area (Å²) < 4.78 is 34.1. The van der Waals surface area contributed by atoms with Crippen LogP contribution in [-0.2, 0) is 31.1 Å². The predicted molar refractivity (Wildman–Crippen MR) is 153 cm³/mol. The molecule has 3 aromatic rings. The number of nitrogens with two attached hydrogens (primary N) is 1. The SMILES string of the molecule is Cc1ccc(S[C@@H]2C(=O)N3[C@@H]2SC(C)(C)[C@]3(N)C(=O)OCc2ccccc2)cc1.O=S(=O)(O)c1ccccc1. The van der Waals surface area contributed by atoms with Crippen LogP contribution in [0.5, 0.6) is 0 Å². The molecule has 5 rings (SSSR count). The molecule has 0 unspecified atom stereocenters. The van der Waals surface area contributed by atoms with Gasteiger partial charge in [0.1, 0.15) is 17.2 Å². The van der Waals surface area contributed by atoms with Gasteiger partial charge in [0.05, 0.1) is 9.64 Å². The Hall–Kier alpha value is -2.83. The molecule has 0 aromatic heterocycles. The van der Waals surface area contributed by atoms with E-state index in [9.17, 15) is 18.0 Å². The Balaban J connectivity index is 0.000000298. The summed E-state index contributed by atoms with van der Waals surface area (Å²) in [6.07, 6.45) is 0. The molecule has 2 heterocycles. The van der Waals surface area contributed by atoms with E-state index in [0.717, 1.165) is 10.5 Å². The molecule has 2 saturated heterocycles. The number of β-lactam (4-membered cyclic amide) rings is 1. The topological polar surface area (TPSA) is 127 Å². The summed E-state index contributed by atoms with van der Waals surface area (Å²) in [4.78, 5) is 28.5. The highest BCUT2D eigenvalue weighted by Crippen LogP contribution is 2.58. The first-order valence-corrected chi connectivity index (χ1v) is 15.3. The molecular formula is C28H30N2O6S3. The van der Waals surface area contributed by atoms with Crippen molar-refractivity contribution in [2.45, 2.75) is 58.2 Å². The van der Waals surface area contributed by atoms with Crippen LogP contribution in [0.15, 0.2) is 94.7 Å². The summed E-state index contributed by atoms with van der Waals surface area (Å²) in [5.74, 6) is -0.675. The third kappa shape index (κ3) is 6.02. The van der Waals surface area contributed by atoms with Gasteiger partial charge in [-0.15, -0.1) is 23.5 Å². The second-order valence-corrected chi connectivity index (χ2v) is 14.1. The Morgan fingerprint density at radius 2 is 1.59 bits per heavy atom. The number of thioether (sulfide) groups is 2. The van der Waals surface area contributed by atoms with Crippen molar-refractivity contribution in [1.82, 2.24) is 4.90 Å². The van der Waals surface area contributed by atoms with E-state index in [1.54, 1.807) is 30.0 Å². The summed E-state index contributed by atoms with van der Waals surface area (Å²) in [7, 11) is -4.00. The summed E-state index contributed by atoms with van der Waals surface area (Å²) in [6.45, 7) is 5.97. The smallest absolute Gasteiger partial charge is 0.348 e. The van der Waals surface area contributed by atoms with Crippen molar-refractivity contribution in [3.05, 3.63) is 96.1 Å². The maximum atomic E-state index is 13.0. The van der Waals surface area contributed by atoms with E-state index in [2.05, 4.69) is 0 Å². The molecule has 3 atom stereocenters. The van der Waals surface area contributed by atoms with Gasteiger partial charge in [-0.1, -0.05) is 66.2 Å². The monoisotopic (exact) mass is 586 g/mol. The first kappa shape index (κ1) is 29.2. The quantitative estimate of drug-likeness (QED) is 0.244. The van der Waals surface area contributed by atoms with Crippen molar-refractivity contribution >= 4 is 45.5 Å². The first-order chi connectivity index (χ1) is 18.3. The lowest BCUT2D eigenvalue weighted by molar-refractivity contribution is -0.172. The second kappa shape index (κ2) is 11.3. The van der Waals surface area contributed by atoms with Crippen molar-refractivity contribution in [2.24, 2.45) is 5.73 Å². The molecular weight excluding hydrogens is 557 g/mol. The van der Waals surface area contributed by atoms with Crippen LogP contribution in [-0.4, -0.2) is 50.8 Å². The average Bonchev–Trinajstić information content (AvgIpc) is 3.11. The standard InChI is InChI=1S/C22H24N2O3S2.C6H6O3S/c1-14-9-11-16(12-10-14)28-17-18(25)24-19(17)29-21(2,3)22(24,23)20(26)27-13-15-7-5-4-6-8-15;7-10(8,9)6-4-2-1-3-5-6/h4-12,17,19H,13,23H2,1-3H3;1-5H,(H,7,8,9)/t17-,19-,22+;/m1./s1. The third-order valence-electron chi connectivity index (χ3n) is 6.56. The largest absolute Gasteiger partial charge is 0.458 e. The van der Waals surface area contributed by atoms with Crippen molar-refractivity contribution in [3.8, 4) is 0 Å². The fraction of sp³-hybridized carbons (Fsp3) is 0.286. The number of esters is 1. The molecule has 2 fully saturated rings. The number of benzene rings is 3. The van der Waals surface area contributed by atoms with Crippen molar-refractivity contribution in [1.29, 1.82) is 0 Å². The zero-order valence-electron chi connectivity index (χ0n) is 21.7. The summed E-state index contributed by atoms with van der Waals surface area (Å²) in [5.41, 5.74) is 7.17. The van der Waals surface area contributed by atoms with Crippen molar-refractivity contribution in [2.75, 3.05) is 0 Å². The molecule has 1 amide bonds. The van der Waals surface area contributed by atoms with Gasteiger partial charge in [0.25, 0.3) is 10.1 Å². The number of amides is 1. The normalized spacial score (nSPS) is 23.2. The van der Waals surface area contributed by atoms with Gasteiger partial charge in [0.2, 0.25) is 11.6 Å². The maximum absolute atomic E-state index is 13.0. The van der Waals surface area contributed by atoms with Crippen LogP contribution in [0.2, 0.25) is 0 Å². The van der Waals surface area contributed by atoms with Gasteiger partial charge in [0.15, 0.2) is 0 Å². The maximum Gasteiger partial charge on any atom is 0.348 e. The van der Waals surface area contributed by atoms with Crippen LogP contribution < -0.4 is 5.73 Å². The van der Waals surface area contributed by atoms with Gasteiger partial charge >= 0.3 is 5.97 Å². The van der Waals surface area contributed by atoms with Gasteiger partial charge in [0, 0.05) is 4.90 Å². The van der Waals surface area contributed by atoms with Gasteiger partial charge in [-0.25, -0.2) is 4.79 Å². The molecule has 3 aromatic carbocycles. The highest BCUT2D eigenvalue weighted by Gasteiger charge is 2.71. The fourth-order valence-electron chi connectivity index (χ4n) is 4.25. The number of carbonyl (C=O) groups excluding carboxylic acids is 2. The number of nitrogens with zero attached hydrogens (tertiary/aromatic N) is 1. The van der Waals surface area contributed by atoms with Crippen LogP contribution in [0.3, 0.4) is 0 Å². The zero-order valence-corrected chi connectivity index (χ0v) is 24.1. The van der Waals surface area contributed by atoms with E-state index >= 15 is 0 Å². The van der Waals surface area contributed by atoms with Gasteiger partial charge < -0.3 is 4.74 Å². The Labute approximate surface area is 237 Å². The van der Waals surface area contributed by atoms with Gasteiger partial charge in [-0.3, -0.25) is 20.0 Å². The molecule has 8 nitrogen and oxygen atoms in total. The van der Waals surface area contributed by atoms with Crippen LogP contribution in [0.4, 0.5) is 0 Å². The predicted octanol–water partition coefficient (Wildman–Crippen LogP) is 4.48. The number of hydrogen-bond donors (Lipinski definition) is 2. The molecule has 0 radical (unpaired) electrons. The number of carbonyl (C=O) groups is 2. The lowest BCUT2D eigenvalue weighted by Crippen LogP contribution is -2.76. The first-order valence-electron chi connectivity index (χ1n) is 12.1. The minimum atomic E-state index is -4.00. The number of rotatable bonds is 6. The zero-order chi connectivity index (χ0) is 28.4. The Morgan fingerprint density at radius 3 is 2.13 bits per heavy atom. The van der Waals surface area contributed by atoms with Crippen LogP contribution >= 0.6 is 23.5 Å². The number of hydrogen-bond acceptors (Lipinski definition) is 8. The highest BCUT2D eigenvalue weighted by atomic mass is 32.2. The Morgan fingerprint density at radius 1 is 1.03 bits per heavy atom. The Bertz CT molecular complexity index is 1430. The fourth-order valence-corrected chi connectivity index (χ4v) is 7.70.